The van der Waals surface area contributed by atoms with Gasteiger partial charge in [-0.3, -0.25) is 4.55 Å². The van der Waals surface area contributed by atoms with E-state index in [0.29, 0.717) is 11.4 Å². The van der Waals surface area contributed by atoms with E-state index in [1.807, 2.05) is 0 Å². The number of hydrogen-bond acceptors (Lipinski definition) is 5. The van der Waals surface area contributed by atoms with Crippen LogP contribution in [0.25, 0.3) is 0 Å². The Labute approximate surface area is 115 Å². The fourth-order valence-corrected chi connectivity index (χ4v) is 2.66. The Kier molecular flexibility index (Phi) is 4.87. The predicted octanol–water partition coefficient (Wildman–Crippen LogP) is 2.97. The second-order valence-electron chi connectivity index (χ2n) is 3.64. The second kappa shape index (κ2) is 6.00. The second-order valence-corrected chi connectivity index (χ2v) is 6.92. The Balaban J connectivity index is 2.72. The van der Waals surface area contributed by atoms with E-state index in [1.165, 1.54) is 4.70 Å². The summed E-state index contributed by atoms with van der Waals surface area (Å²) in [6, 6.07) is 6.89. The molecule has 0 atom stereocenters. The summed E-state index contributed by atoms with van der Waals surface area (Å²) >= 11 is 0. The van der Waals surface area contributed by atoms with Crippen molar-refractivity contribution < 1.29 is 17.7 Å². The predicted molar refractivity (Wildman–Crippen MR) is 76.0 cm³/mol. The summed E-state index contributed by atoms with van der Waals surface area (Å²) in [5.74, 6) is 0. The van der Waals surface area contributed by atoms with Gasteiger partial charge in [-0.25, -0.2) is 0 Å². The van der Waals surface area contributed by atoms with Gasteiger partial charge in [-0.15, -0.1) is 0 Å². The van der Waals surface area contributed by atoms with Crippen molar-refractivity contribution in [1.82, 2.24) is 0 Å². The zero-order valence-electron chi connectivity index (χ0n) is 10.3. The van der Waals surface area contributed by atoms with Gasteiger partial charge in [0.05, 0.1) is 0 Å². The van der Waals surface area contributed by atoms with E-state index >= 15 is 0 Å². The first kappa shape index (κ1) is 15.4. The largest absolute Gasteiger partial charge is 0.355 e. The quantitative estimate of drug-likeness (QED) is 0.247. The highest BCUT2D eigenvalue weighted by Crippen LogP contribution is 2.27. The zero-order chi connectivity index (χ0) is 14.6. The number of hydrogen-bond donors (Lipinski definition) is 3. The topological polar surface area (TPSA) is 93.3 Å². The molecule has 1 aromatic carbocycles. The first-order valence-electron chi connectivity index (χ1n) is 5.06. The summed E-state index contributed by atoms with van der Waals surface area (Å²) in [6.45, 7) is 7.14. The molecule has 0 radical (unpaired) electrons. The van der Waals surface area contributed by atoms with Gasteiger partial charge in [-0.1, -0.05) is 23.4 Å². The highest BCUT2D eigenvalue weighted by atomic mass is 33.1. The first-order valence-corrected chi connectivity index (χ1v) is 7.83. The molecule has 0 spiro atoms. The van der Waals surface area contributed by atoms with Crippen molar-refractivity contribution in [2.45, 2.75) is 0 Å². The van der Waals surface area contributed by atoms with E-state index in [-0.39, 0.29) is 21.4 Å². The lowest BCUT2D eigenvalue weighted by Gasteiger charge is -2.10. The number of anilines is 1. The molecule has 0 saturated carbocycles. The Bertz CT molecular complexity index is 621. The molecule has 0 aliphatic carbocycles. The molecule has 0 aliphatic rings. The van der Waals surface area contributed by atoms with Gasteiger partial charge in [-0.05, 0) is 12.1 Å². The Morgan fingerprint density at radius 3 is 2.32 bits per heavy atom. The molecule has 0 heterocycles. The van der Waals surface area contributed by atoms with Gasteiger partial charge in [0.15, 0.2) is 7.05 Å². The molecule has 19 heavy (non-hydrogen) atoms. The summed E-state index contributed by atoms with van der Waals surface area (Å²) in [5, 5.41) is 2.86. The average Bonchev–Trinajstić information content (AvgIpc) is 2.27. The highest BCUT2D eigenvalue weighted by molar-refractivity contribution is 8.71. The van der Waals surface area contributed by atoms with Crippen LogP contribution >= 0.6 is 10.8 Å². The van der Waals surface area contributed by atoms with Crippen LogP contribution in [-0.4, -0.2) is 24.7 Å². The molecular weight excluding hydrogens is 286 g/mol. The number of nitrogens with one attached hydrogen (secondary N) is 2. The van der Waals surface area contributed by atoms with Crippen molar-refractivity contribution in [2.24, 2.45) is 0 Å². The molecule has 0 aliphatic heterocycles. The molecule has 0 bridgehead atoms. The van der Waals surface area contributed by atoms with Crippen LogP contribution in [0.3, 0.4) is 0 Å². The number of nitrogens with zero attached hydrogens (tertiary/aromatic N) is 1. The Hall–Kier alpha value is -1.64. The minimum absolute atomic E-state index is 0.101. The molecule has 8 heteroatoms. The van der Waals surface area contributed by atoms with E-state index in [1.54, 1.807) is 31.3 Å². The number of benzene rings is 1. The maximum Gasteiger partial charge on any atom is 0.324 e. The van der Waals surface area contributed by atoms with E-state index < -0.39 is 9.15 Å². The molecule has 6 nitrogen and oxygen atoms in total. The fraction of sp³-hybridized carbons (Fsp3) is 0.0909. The summed E-state index contributed by atoms with van der Waals surface area (Å²) < 4.78 is 31.3. The molecule has 1 aromatic rings. The van der Waals surface area contributed by atoms with Crippen LogP contribution in [0.5, 0.6) is 0 Å². The zero-order valence-corrected chi connectivity index (χ0v) is 11.9. The summed E-state index contributed by atoms with van der Waals surface area (Å²) in [6.07, 6.45) is 0. The van der Waals surface area contributed by atoms with Gasteiger partial charge in [0.2, 0.25) is 5.69 Å². The van der Waals surface area contributed by atoms with Crippen molar-refractivity contribution in [3.63, 3.8) is 0 Å². The lowest BCUT2D eigenvalue weighted by molar-refractivity contribution is -0.505. The third-order valence-electron chi connectivity index (χ3n) is 2.09. The van der Waals surface area contributed by atoms with Gasteiger partial charge < -0.3 is 5.32 Å². The highest BCUT2D eigenvalue weighted by Gasteiger charge is 2.12. The smallest absolute Gasteiger partial charge is 0.324 e. The van der Waals surface area contributed by atoms with Crippen LogP contribution in [0.2, 0.25) is 0 Å². The van der Waals surface area contributed by atoms with Crippen LogP contribution in [-0.2, 0) is 9.15 Å². The average molecular weight is 300 g/mol. The molecule has 0 aromatic heterocycles. The summed E-state index contributed by atoms with van der Waals surface area (Å²) in [7, 11) is -2.37. The molecule has 102 valence electrons. The van der Waals surface area contributed by atoms with Gasteiger partial charge in [0, 0.05) is 39.2 Å². The maximum absolute atomic E-state index is 10.7. The van der Waals surface area contributed by atoms with Crippen molar-refractivity contribution >= 4 is 31.3 Å². The summed E-state index contributed by atoms with van der Waals surface area (Å²) in [4.78, 5) is 0.101. The van der Waals surface area contributed by atoms with E-state index in [9.17, 15) is 8.42 Å². The van der Waals surface area contributed by atoms with Crippen molar-refractivity contribution in [3.05, 3.63) is 48.0 Å². The van der Waals surface area contributed by atoms with Crippen LogP contribution < -0.4 is 5.32 Å². The minimum atomic E-state index is -4.19. The van der Waals surface area contributed by atoms with Gasteiger partial charge >= 0.3 is 9.15 Å². The Morgan fingerprint density at radius 1 is 1.37 bits per heavy atom. The molecule has 0 fully saturated rings. The molecule has 0 amide bonds. The monoisotopic (exact) mass is 300 g/mol. The standard InChI is InChI=1S/C11H13N3O3S2/c1-8(9(2)18-19(15,16)17)13-10-4-6-11(7-5-10)14(3)12/h4-7,12-13H,1-2H2,3H3/p+1. The van der Waals surface area contributed by atoms with Gasteiger partial charge in [0.1, 0.15) is 0 Å². The van der Waals surface area contributed by atoms with Gasteiger partial charge in [0.25, 0.3) is 0 Å². The summed E-state index contributed by atoms with van der Waals surface area (Å²) in [5.41, 5.74) is 9.04. The molecular formula is C11H14N3O3S2+. The maximum atomic E-state index is 10.7. The van der Waals surface area contributed by atoms with Crippen LogP contribution in [0.4, 0.5) is 11.4 Å². The van der Waals surface area contributed by atoms with Crippen LogP contribution in [0, 0.1) is 5.53 Å². The molecule has 0 unspecified atom stereocenters. The normalized spacial score (nSPS) is 10.8. The first-order chi connectivity index (χ1) is 8.69. The third-order valence-corrected chi connectivity index (χ3v) is 3.99. The fourth-order valence-electron chi connectivity index (χ4n) is 1.19. The van der Waals surface area contributed by atoms with Crippen LogP contribution in [0.15, 0.2) is 48.0 Å². The molecule has 1 rings (SSSR count). The third kappa shape index (κ3) is 5.25. The lowest BCUT2D eigenvalue weighted by Crippen LogP contribution is -2.01. The van der Waals surface area contributed by atoms with E-state index in [2.05, 4.69) is 18.5 Å². The van der Waals surface area contributed by atoms with E-state index in [0.717, 1.165) is 0 Å². The molecule has 0 saturated heterocycles. The SMILES string of the molecule is C=C(Nc1ccc([N+](C)=N)cc1)C(=C)SS(=O)(=O)O. The Morgan fingerprint density at radius 2 is 1.89 bits per heavy atom. The van der Waals surface area contributed by atoms with Crippen LogP contribution in [0.1, 0.15) is 0 Å². The van der Waals surface area contributed by atoms with Crippen molar-refractivity contribution in [1.29, 1.82) is 5.53 Å². The molecule has 3 N–H and O–H groups in total. The lowest BCUT2D eigenvalue weighted by atomic mass is 10.2. The van der Waals surface area contributed by atoms with Crippen molar-refractivity contribution in [3.8, 4) is 0 Å². The van der Waals surface area contributed by atoms with Crippen molar-refractivity contribution in [2.75, 3.05) is 12.4 Å². The number of rotatable bonds is 6. The van der Waals surface area contributed by atoms with E-state index in [4.69, 9.17) is 10.1 Å². The van der Waals surface area contributed by atoms with Gasteiger partial charge in [-0.2, -0.15) is 8.42 Å². The minimum Gasteiger partial charge on any atom is -0.355 e.